The van der Waals surface area contributed by atoms with E-state index in [0.29, 0.717) is 10.1 Å². The van der Waals surface area contributed by atoms with Crippen molar-refractivity contribution in [2.75, 3.05) is 0 Å². The molecule has 2 aromatic carbocycles. The van der Waals surface area contributed by atoms with Crippen LogP contribution in [0.15, 0.2) is 58.6 Å². The summed E-state index contributed by atoms with van der Waals surface area (Å²) in [6.45, 7) is 4.13. The summed E-state index contributed by atoms with van der Waals surface area (Å²) in [5, 5.41) is 4.61. The number of fused-ring (bicyclic) bond motifs is 1. The molecule has 130 valence electrons. The third-order valence-corrected chi connectivity index (χ3v) is 5.50. The number of thioether (sulfide) groups is 1. The van der Waals surface area contributed by atoms with Gasteiger partial charge < -0.3 is 9.88 Å². The number of hydrogen-bond acceptors (Lipinski definition) is 3. The molecule has 1 aliphatic heterocycles. The van der Waals surface area contributed by atoms with Gasteiger partial charge in [-0.25, -0.2) is 4.99 Å². The molecular weight excluding hydrogens is 342 g/mol. The Morgan fingerprint density at radius 3 is 2.73 bits per heavy atom. The van der Waals surface area contributed by atoms with Crippen molar-refractivity contribution in [2.45, 2.75) is 13.8 Å². The lowest BCUT2D eigenvalue weighted by atomic mass is 10.1. The van der Waals surface area contributed by atoms with Crippen molar-refractivity contribution in [1.29, 1.82) is 0 Å². The average molecular weight is 361 g/mol. The molecule has 1 saturated heterocycles. The van der Waals surface area contributed by atoms with Crippen molar-refractivity contribution in [1.82, 2.24) is 9.88 Å². The fourth-order valence-electron chi connectivity index (χ4n) is 3.02. The lowest BCUT2D eigenvalue weighted by Crippen LogP contribution is -2.19. The van der Waals surface area contributed by atoms with Gasteiger partial charge in [0.15, 0.2) is 5.17 Å². The van der Waals surface area contributed by atoms with Crippen LogP contribution < -0.4 is 5.32 Å². The van der Waals surface area contributed by atoms with Gasteiger partial charge in [0.25, 0.3) is 5.91 Å². The van der Waals surface area contributed by atoms with E-state index in [-0.39, 0.29) is 5.91 Å². The fraction of sp³-hybridized carbons (Fsp3) is 0.143. The quantitative estimate of drug-likeness (QED) is 0.673. The Labute approximate surface area is 156 Å². The van der Waals surface area contributed by atoms with Gasteiger partial charge in [0.1, 0.15) is 0 Å². The molecule has 1 aromatic heterocycles. The van der Waals surface area contributed by atoms with Gasteiger partial charge in [-0.15, -0.1) is 0 Å². The largest absolute Gasteiger partial charge is 0.350 e. The van der Waals surface area contributed by atoms with E-state index in [9.17, 15) is 4.79 Å². The van der Waals surface area contributed by atoms with Gasteiger partial charge in [-0.05, 0) is 61.0 Å². The van der Waals surface area contributed by atoms with Crippen molar-refractivity contribution in [3.63, 3.8) is 0 Å². The number of nitrogens with one attached hydrogen (secondary N) is 1. The molecule has 4 nitrogen and oxygen atoms in total. The first-order valence-corrected chi connectivity index (χ1v) is 9.24. The van der Waals surface area contributed by atoms with Crippen molar-refractivity contribution in [2.24, 2.45) is 12.0 Å². The number of rotatable bonds is 2. The first kappa shape index (κ1) is 16.7. The van der Waals surface area contributed by atoms with Crippen LogP contribution in [0.1, 0.15) is 16.7 Å². The van der Waals surface area contributed by atoms with Crippen molar-refractivity contribution in [3.05, 3.63) is 70.3 Å². The van der Waals surface area contributed by atoms with E-state index in [2.05, 4.69) is 40.9 Å². The number of carbonyl (C=O) groups is 1. The van der Waals surface area contributed by atoms with Gasteiger partial charge >= 0.3 is 0 Å². The number of aromatic nitrogens is 1. The number of benzene rings is 2. The third kappa shape index (κ3) is 3.06. The molecule has 4 rings (SSSR count). The molecule has 0 saturated carbocycles. The van der Waals surface area contributed by atoms with Gasteiger partial charge in [0.05, 0.1) is 10.6 Å². The molecule has 1 amide bonds. The Kier molecular flexibility index (Phi) is 4.17. The number of amidine groups is 1. The normalized spacial score (nSPS) is 17.4. The highest BCUT2D eigenvalue weighted by molar-refractivity contribution is 8.18. The summed E-state index contributed by atoms with van der Waals surface area (Å²) in [6.07, 6.45) is 3.98. The minimum Gasteiger partial charge on any atom is -0.350 e. The summed E-state index contributed by atoms with van der Waals surface area (Å²) in [5.74, 6) is -0.106. The Bertz CT molecular complexity index is 1090. The average Bonchev–Trinajstić information content (AvgIpc) is 3.12. The topological polar surface area (TPSA) is 46.4 Å². The maximum Gasteiger partial charge on any atom is 0.264 e. The minimum atomic E-state index is -0.106. The highest BCUT2D eigenvalue weighted by atomic mass is 32.2. The zero-order chi connectivity index (χ0) is 18.3. The van der Waals surface area contributed by atoms with Crippen LogP contribution in [-0.4, -0.2) is 15.6 Å². The molecule has 26 heavy (non-hydrogen) atoms. The van der Waals surface area contributed by atoms with E-state index in [0.717, 1.165) is 22.2 Å². The summed E-state index contributed by atoms with van der Waals surface area (Å²) < 4.78 is 2.07. The predicted molar refractivity (Wildman–Crippen MR) is 110 cm³/mol. The maximum atomic E-state index is 12.4. The van der Waals surface area contributed by atoms with E-state index in [1.54, 1.807) is 0 Å². The van der Waals surface area contributed by atoms with Crippen molar-refractivity contribution < 1.29 is 4.79 Å². The number of para-hydroxylation sites is 1. The monoisotopic (exact) mass is 361 g/mol. The molecule has 0 spiro atoms. The molecular formula is C21H19N3OS. The highest BCUT2D eigenvalue weighted by Crippen LogP contribution is 2.31. The standard InChI is InChI=1S/C21H19N3OS/c1-13-8-9-16(10-14(13)2)22-21-23-20(25)19(26-21)11-15-12-24(3)18-7-5-4-6-17(15)18/h4-12H,1-3H3,(H,22,23,25)/b19-11+. The van der Waals surface area contributed by atoms with Gasteiger partial charge in [-0.3, -0.25) is 4.79 Å². The zero-order valence-corrected chi connectivity index (χ0v) is 15.7. The van der Waals surface area contributed by atoms with Gasteiger partial charge in [-0.2, -0.15) is 0 Å². The fourth-order valence-corrected chi connectivity index (χ4v) is 3.85. The number of aliphatic imine (C=N–C) groups is 1. The molecule has 1 aliphatic rings. The Balaban J connectivity index is 1.66. The number of carbonyl (C=O) groups excluding carboxylic acids is 1. The molecule has 3 aromatic rings. The lowest BCUT2D eigenvalue weighted by Gasteiger charge is -2.01. The minimum absolute atomic E-state index is 0.106. The molecule has 0 radical (unpaired) electrons. The number of hydrogen-bond donors (Lipinski definition) is 1. The van der Waals surface area contributed by atoms with Crippen LogP contribution in [0.4, 0.5) is 5.69 Å². The second-order valence-corrected chi connectivity index (χ2v) is 7.49. The summed E-state index contributed by atoms with van der Waals surface area (Å²) in [6, 6.07) is 14.2. The zero-order valence-electron chi connectivity index (χ0n) is 14.9. The smallest absolute Gasteiger partial charge is 0.264 e. The number of amides is 1. The van der Waals surface area contributed by atoms with E-state index in [1.165, 1.54) is 22.9 Å². The first-order chi connectivity index (χ1) is 12.5. The Morgan fingerprint density at radius 1 is 1.12 bits per heavy atom. The van der Waals surface area contributed by atoms with Crippen LogP contribution >= 0.6 is 11.8 Å². The molecule has 5 heteroatoms. The number of aryl methyl sites for hydroxylation is 3. The lowest BCUT2D eigenvalue weighted by molar-refractivity contribution is -0.115. The predicted octanol–water partition coefficient (Wildman–Crippen LogP) is 4.69. The maximum absolute atomic E-state index is 12.4. The van der Waals surface area contributed by atoms with Crippen LogP contribution in [0.3, 0.4) is 0 Å². The molecule has 0 aliphatic carbocycles. The number of nitrogens with zero attached hydrogens (tertiary/aromatic N) is 2. The summed E-state index contributed by atoms with van der Waals surface area (Å²) in [7, 11) is 2.01. The first-order valence-electron chi connectivity index (χ1n) is 8.42. The molecule has 0 unspecified atom stereocenters. The van der Waals surface area contributed by atoms with Gasteiger partial charge in [0, 0.05) is 29.7 Å². The molecule has 0 atom stereocenters. The van der Waals surface area contributed by atoms with E-state index in [4.69, 9.17) is 0 Å². The van der Waals surface area contributed by atoms with E-state index < -0.39 is 0 Å². The molecule has 0 bridgehead atoms. The second-order valence-electron chi connectivity index (χ2n) is 6.46. The van der Waals surface area contributed by atoms with Crippen LogP contribution in [0, 0.1) is 13.8 Å². The van der Waals surface area contributed by atoms with Gasteiger partial charge in [-0.1, -0.05) is 24.3 Å². The summed E-state index contributed by atoms with van der Waals surface area (Å²) in [4.78, 5) is 17.6. The van der Waals surface area contributed by atoms with E-state index >= 15 is 0 Å². The van der Waals surface area contributed by atoms with Crippen LogP contribution in [0.25, 0.3) is 17.0 Å². The van der Waals surface area contributed by atoms with Crippen molar-refractivity contribution >= 4 is 45.5 Å². The molecule has 1 N–H and O–H groups in total. The summed E-state index contributed by atoms with van der Waals surface area (Å²) in [5.41, 5.74) is 5.45. The second kappa shape index (κ2) is 6.50. The summed E-state index contributed by atoms with van der Waals surface area (Å²) >= 11 is 1.38. The highest BCUT2D eigenvalue weighted by Gasteiger charge is 2.24. The van der Waals surface area contributed by atoms with E-state index in [1.807, 2.05) is 49.7 Å². The third-order valence-electron chi connectivity index (χ3n) is 4.59. The van der Waals surface area contributed by atoms with Crippen molar-refractivity contribution in [3.8, 4) is 0 Å². The molecule has 1 fully saturated rings. The Hall–Kier alpha value is -2.79. The van der Waals surface area contributed by atoms with Crippen LogP contribution in [0.5, 0.6) is 0 Å². The van der Waals surface area contributed by atoms with Crippen LogP contribution in [-0.2, 0) is 11.8 Å². The Morgan fingerprint density at radius 2 is 1.92 bits per heavy atom. The SMILES string of the molecule is Cc1ccc(N=C2NC(=O)/C(=C\c3cn(C)c4ccccc34)S2)cc1C. The molecule has 2 heterocycles. The van der Waals surface area contributed by atoms with Gasteiger partial charge in [0.2, 0.25) is 0 Å². The van der Waals surface area contributed by atoms with Crippen LogP contribution in [0.2, 0.25) is 0 Å².